The maximum Gasteiger partial charge on any atom is 0.270 e. The van der Waals surface area contributed by atoms with Gasteiger partial charge in [-0.05, 0) is 25.3 Å². The molecular formula is C13H14N2O3S. The van der Waals surface area contributed by atoms with Gasteiger partial charge in [0.05, 0.1) is 11.9 Å². The van der Waals surface area contributed by atoms with E-state index in [1.54, 1.807) is 24.0 Å². The lowest BCUT2D eigenvalue weighted by Crippen LogP contribution is -2.47. The zero-order valence-corrected chi connectivity index (χ0v) is 11.1. The van der Waals surface area contributed by atoms with E-state index in [2.05, 4.69) is 10.3 Å². The van der Waals surface area contributed by atoms with Crippen LogP contribution in [0.1, 0.15) is 29.8 Å². The minimum atomic E-state index is -0.709. The molecule has 2 N–H and O–H groups in total. The van der Waals surface area contributed by atoms with Gasteiger partial charge in [-0.3, -0.25) is 4.79 Å². The number of furan rings is 1. The van der Waals surface area contributed by atoms with Crippen molar-refractivity contribution >= 4 is 17.2 Å². The van der Waals surface area contributed by atoms with E-state index in [9.17, 15) is 9.90 Å². The lowest BCUT2D eigenvalue weighted by molar-refractivity contribution is -0.0300. The minimum Gasteiger partial charge on any atom is -0.472 e. The first kappa shape index (κ1) is 12.4. The van der Waals surface area contributed by atoms with Gasteiger partial charge >= 0.3 is 0 Å². The summed E-state index contributed by atoms with van der Waals surface area (Å²) in [6.45, 7) is 0.296. The van der Waals surface area contributed by atoms with Gasteiger partial charge in [0.1, 0.15) is 17.0 Å². The summed E-state index contributed by atoms with van der Waals surface area (Å²) in [7, 11) is 0. The number of rotatable bonds is 4. The van der Waals surface area contributed by atoms with Crippen molar-refractivity contribution in [2.75, 3.05) is 6.54 Å². The molecule has 2 aromatic heterocycles. The van der Waals surface area contributed by atoms with Gasteiger partial charge in [-0.25, -0.2) is 4.98 Å². The Morgan fingerprint density at radius 2 is 2.42 bits per heavy atom. The molecule has 1 aliphatic rings. The number of carbonyl (C=O) groups is 1. The van der Waals surface area contributed by atoms with E-state index < -0.39 is 5.60 Å². The summed E-state index contributed by atoms with van der Waals surface area (Å²) in [5.74, 6) is -0.244. The van der Waals surface area contributed by atoms with Gasteiger partial charge in [-0.15, -0.1) is 11.3 Å². The van der Waals surface area contributed by atoms with Gasteiger partial charge in [0.25, 0.3) is 5.91 Å². The van der Waals surface area contributed by atoms with Crippen molar-refractivity contribution in [3.05, 3.63) is 29.7 Å². The monoisotopic (exact) mass is 278 g/mol. The third-order valence-corrected chi connectivity index (χ3v) is 4.26. The largest absolute Gasteiger partial charge is 0.472 e. The summed E-state index contributed by atoms with van der Waals surface area (Å²) in [6, 6.07) is 1.80. The first-order valence-electron chi connectivity index (χ1n) is 6.15. The van der Waals surface area contributed by atoms with Crippen LogP contribution in [0.25, 0.3) is 10.6 Å². The van der Waals surface area contributed by atoms with E-state index in [-0.39, 0.29) is 5.91 Å². The van der Waals surface area contributed by atoms with Crippen LogP contribution in [0.15, 0.2) is 28.4 Å². The number of nitrogens with one attached hydrogen (secondary N) is 1. The van der Waals surface area contributed by atoms with Crippen LogP contribution in [-0.2, 0) is 0 Å². The molecule has 0 unspecified atom stereocenters. The standard InChI is InChI=1S/C13H14N2O3S/c16-11(14-8-13(17)3-1-4-13)10-7-19-12(15-10)9-2-5-18-6-9/h2,5-7,17H,1,3-4,8H2,(H,14,16). The fourth-order valence-electron chi connectivity index (χ4n) is 1.99. The topological polar surface area (TPSA) is 75.4 Å². The summed E-state index contributed by atoms with van der Waals surface area (Å²) >= 11 is 1.39. The van der Waals surface area contributed by atoms with Gasteiger partial charge in [-0.1, -0.05) is 0 Å². The van der Waals surface area contributed by atoms with Crippen molar-refractivity contribution in [2.45, 2.75) is 24.9 Å². The Hall–Kier alpha value is -1.66. The van der Waals surface area contributed by atoms with Gasteiger partial charge in [-0.2, -0.15) is 0 Å². The number of amides is 1. The molecule has 0 radical (unpaired) electrons. The summed E-state index contributed by atoms with van der Waals surface area (Å²) in [6.07, 6.45) is 5.70. The van der Waals surface area contributed by atoms with Crippen LogP contribution in [0.2, 0.25) is 0 Å². The van der Waals surface area contributed by atoms with E-state index in [1.807, 2.05) is 0 Å². The molecular weight excluding hydrogens is 264 g/mol. The van der Waals surface area contributed by atoms with E-state index in [0.29, 0.717) is 12.2 Å². The molecule has 0 spiro atoms. The first-order chi connectivity index (χ1) is 9.16. The molecule has 1 aliphatic carbocycles. The van der Waals surface area contributed by atoms with Crippen LogP contribution >= 0.6 is 11.3 Å². The molecule has 5 nitrogen and oxygen atoms in total. The second kappa shape index (κ2) is 4.79. The van der Waals surface area contributed by atoms with E-state index in [1.165, 1.54) is 11.3 Å². The van der Waals surface area contributed by atoms with Crippen molar-refractivity contribution in [3.63, 3.8) is 0 Å². The van der Waals surface area contributed by atoms with Crippen LogP contribution in [0.3, 0.4) is 0 Å². The highest BCUT2D eigenvalue weighted by atomic mass is 32.1. The van der Waals surface area contributed by atoms with Crippen molar-refractivity contribution in [2.24, 2.45) is 0 Å². The fourth-order valence-corrected chi connectivity index (χ4v) is 2.78. The molecule has 1 saturated carbocycles. The second-order valence-corrected chi connectivity index (χ2v) is 5.67. The van der Waals surface area contributed by atoms with Crippen LogP contribution in [0.4, 0.5) is 0 Å². The molecule has 0 aliphatic heterocycles. The van der Waals surface area contributed by atoms with Crippen molar-refractivity contribution in [1.29, 1.82) is 0 Å². The van der Waals surface area contributed by atoms with Crippen molar-refractivity contribution in [1.82, 2.24) is 10.3 Å². The molecule has 6 heteroatoms. The van der Waals surface area contributed by atoms with Crippen LogP contribution in [0, 0.1) is 0 Å². The minimum absolute atomic E-state index is 0.244. The summed E-state index contributed by atoms with van der Waals surface area (Å²) in [5.41, 5.74) is 0.532. The Kier molecular flexibility index (Phi) is 3.12. The molecule has 100 valence electrons. The lowest BCUT2D eigenvalue weighted by Gasteiger charge is -2.36. The number of carbonyl (C=O) groups excluding carboxylic acids is 1. The Bertz CT molecular complexity index is 572. The van der Waals surface area contributed by atoms with Crippen LogP contribution < -0.4 is 5.32 Å². The third kappa shape index (κ3) is 2.54. The third-order valence-electron chi connectivity index (χ3n) is 3.37. The number of thiazole rings is 1. The Morgan fingerprint density at radius 1 is 1.58 bits per heavy atom. The molecule has 19 heavy (non-hydrogen) atoms. The zero-order valence-electron chi connectivity index (χ0n) is 10.3. The van der Waals surface area contributed by atoms with Gasteiger partial charge in [0, 0.05) is 17.5 Å². The average molecular weight is 278 g/mol. The highest BCUT2D eigenvalue weighted by molar-refractivity contribution is 7.13. The number of nitrogens with zero attached hydrogens (tertiary/aromatic N) is 1. The smallest absolute Gasteiger partial charge is 0.270 e. The van der Waals surface area contributed by atoms with Gasteiger partial charge in [0.2, 0.25) is 0 Å². The quantitative estimate of drug-likeness (QED) is 0.897. The van der Waals surface area contributed by atoms with Gasteiger partial charge < -0.3 is 14.8 Å². The molecule has 2 heterocycles. The van der Waals surface area contributed by atoms with Crippen molar-refractivity contribution < 1.29 is 14.3 Å². The normalized spacial score (nSPS) is 16.9. The molecule has 0 saturated heterocycles. The van der Waals surface area contributed by atoms with E-state index in [4.69, 9.17) is 4.42 Å². The Labute approximate surface area is 114 Å². The van der Waals surface area contributed by atoms with Crippen LogP contribution in [0.5, 0.6) is 0 Å². The Morgan fingerprint density at radius 3 is 3.05 bits per heavy atom. The predicted molar refractivity (Wildman–Crippen MR) is 71.0 cm³/mol. The molecule has 0 aromatic carbocycles. The SMILES string of the molecule is O=C(NCC1(O)CCC1)c1csc(-c2ccoc2)n1. The second-order valence-electron chi connectivity index (χ2n) is 4.81. The first-order valence-corrected chi connectivity index (χ1v) is 7.03. The predicted octanol–water partition coefficient (Wildman–Crippen LogP) is 2.05. The number of hydrogen-bond acceptors (Lipinski definition) is 5. The lowest BCUT2D eigenvalue weighted by atomic mass is 9.80. The number of aliphatic hydroxyl groups is 1. The molecule has 3 rings (SSSR count). The van der Waals surface area contributed by atoms with E-state index >= 15 is 0 Å². The summed E-state index contributed by atoms with van der Waals surface area (Å²) in [5, 5.41) is 15.1. The molecule has 0 bridgehead atoms. The molecule has 2 aromatic rings. The Balaban J connectivity index is 1.64. The summed E-state index contributed by atoms with van der Waals surface area (Å²) < 4.78 is 4.99. The molecule has 1 amide bonds. The fraction of sp³-hybridized carbons (Fsp3) is 0.385. The van der Waals surface area contributed by atoms with Crippen LogP contribution in [-0.4, -0.2) is 28.1 Å². The van der Waals surface area contributed by atoms with Crippen molar-refractivity contribution in [3.8, 4) is 10.6 Å². The molecule has 0 atom stereocenters. The maximum absolute atomic E-state index is 11.9. The number of hydrogen-bond donors (Lipinski definition) is 2. The molecule has 1 fully saturated rings. The maximum atomic E-state index is 11.9. The zero-order chi connectivity index (χ0) is 13.3. The van der Waals surface area contributed by atoms with Gasteiger partial charge in [0.15, 0.2) is 0 Å². The highest BCUT2D eigenvalue weighted by Crippen LogP contribution is 2.30. The summed E-state index contributed by atoms with van der Waals surface area (Å²) in [4.78, 5) is 16.2. The average Bonchev–Trinajstić information content (AvgIpc) is 3.02. The van der Waals surface area contributed by atoms with E-state index in [0.717, 1.165) is 29.8 Å². The highest BCUT2D eigenvalue weighted by Gasteiger charge is 2.34. The number of aromatic nitrogens is 1.